The summed E-state index contributed by atoms with van der Waals surface area (Å²) in [5.41, 5.74) is 0.00956. The quantitative estimate of drug-likeness (QED) is 0.644. The molecule has 114 valence electrons. The van der Waals surface area contributed by atoms with Gasteiger partial charge in [0.15, 0.2) is 0 Å². The molecule has 4 N–H and O–H groups in total. The lowest BCUT2D eigenvalue weighted by Crippen LogP contribution is -2.27. The molecule has 8 heteroatoms. The second-order valence-electron chi connectivity index (χ2n) is 4.59. The standard InChI is InChI=1S/C14H14N4O4/c1-8(19)16-10-4-2-9(3-5-10)6-12(20)17-11-7-15-14(22)18-13(11)21/h2-5,7H,6H2,1H3,(H,16,19)(H,17,20)(H2,15,18,21,22). The number of hydrogen-bond acceptors (Lipinski definition) is 4. The van der Waals surface area contributed by atoms with Crippen molar-refractivity contribution >= 4 is 23.2 Å². The molecule has 0 bridgehead atoms. The summed E-state index contributed by atoms with van der Waals surface area (Å²) < 4.78 is 0. The van der Waals surface area contributed by atoms with E-state index in [4.69, 9.17) is 0 Å². The number of aromatic amines is 2. The third-order valence-electron chi connectivity index (χ3n) is 2.73. The average Bonchev–Trinajstić information content (AvgIpc) is 2.43. The van der Waals surface area contributed by atoms with Gasteiger partial charge in [0, 0.05) is 18.8 Å². The predicted molar refractivity (Wildman–Crippen MR) is 80.8 cm³/mol. The summed E-state index contributed by atoms with van der Waals surface area (Å²) in [4.78, 5) is 49.4. The first-order chi connectivity index (χ1) is 10.4. The normalized spacial score (nSPS) is 10.0. The van der Waals surface area contributed by atoms with Gasteiger partial charge in [0.25, 0.3) is 5.56 Å². The molecule has 0 saturated carbocycles. The van der Waals surface area contributed by atoms with Crippen molar-refractivity contribution in [3.8, 4) is 0 Å². The molecule has 2 aromatic rings. The highest BCUT2D eigenvalue weighted by Gasteiger charge is 2.07. The van der Waals surface area contributed by atoms with Crippen LogP contribution in [0.25, 0.3) is 0 Å². The number of benzene rings is 1. The van der Waals surface area contributed by atoms with E-state index in [0.717, 1.165) is 6.20 Å². The topological polar surface area (TPSA) is 124 Å². The third-order valence-corrected chi connectivity index (χ3v) is 2.73. The number of carbonyl (C=O) groups is 2. The zero-order chi connectivity index (χ0) is 16.1. The molecular formula is C14H14N4O4. The van der Waals surface area contributed by atoms with Crippen LogP contribution in [0.15, 0.2) is 40.1 Å². The maximum absolute atomic E-state index is 11.9. The number of nitrogens with one attached hydrogen (secondary N) is 4. The first kappa shape index (κ1) is 15.2. The molecule has 0 fully saturated rings. The van der Waals surface area contributed by atoms with Crippen LogP contribution >= 0.6 is 0 Å². The molecule has 0 aliphatic rings. The minimum Gasteiger partial charge on any atom is -0.326 e. The lowest BCUT2D eigenvalue weighted by atomic mass is 10.1. The SMILES string of the molecule is CC(=O)Nc1ccc(CC(=O)Nc2c[nH]c(=O)[nH]c2=O)cc1. The van der Waals surface area contributed by atoms with Gasteiger partial charge in [-0.25, -0.2) is 4.79 Å². The molecule has 22 heavy (non-hydrogen) atoms. The van der Waals surface area contributed by atoms with Crippen molar-refractivity contribution in [2.45, 2.75) is 13.3 Å². The van der Waals surface area contributed by atoms with Crippen LogP contribution in [-0.2, 0) is 16.0 Å². The van der Waals surface area contributed by atoms with Gasteiger partial charge in [-0.3, -0.25) is 19.4 Å². The highest BCUT2D eigenvalue weighted by atomic mass is 16.2. The van der Waals surface area contributed by atoms with Gasteiger partial charge in [0.1, 0.15) is 5.69 Å². The second-order valence-corrected chi connectivity index (χ2v) is 4.59. The molecule has 1 aromatic carbocycles. The Kier molecular flexibility index (Phi) is 4.52. The van der Waals surface area contributed by atoms with Crippen LogP contribution in [0.1, 0.15) is 12.5 Å². The van der Waals surface area contributed by atoms with E-state index in [1.807, 2.05) is 4.98 Å². The Bertz CT molecular complexity index is 805. The van der Waals surface area contributed by atoms with E-state index >= 15 is 0 Å². The summed E-state index contributed by atoms with van der Waals surface area (Å²) in [6.07, 6.45) is 1.19. The molecule has 2 amide bonds. The molecule has 0 aliphatic heterocycles. The number of H-pyrrole nitrogens is 2. The molecular weight excluding hydrogens is 288 g/mol. The Morgan fingerprint density at radius 3 is 2.36 bits per heavy atom. The molecule has 0 saturated heterocycles. The fourth-order valence-corrected chi connectivity index (χ4v) is 1.79. The molecule has 0 radical (unpaired) electrons. The van der Waals surface area contributed by atoms with Crippen molar-refractivity contribution in [3.63, 3.8) is 0 Å². The van der Waals surface area contributed by atoms with Crippen molar-refractivity contribution in [2.24, 2.45) is 0 Å². The fraction of sp³-hybridized carbons (Fsp3) is 0.143. The van der Waals surface area contributed by atoms with Crippen LogP contribution in [0.4, 0.5) is 11.4 Å². The number of amides is 2. The molecule has 1 heterocycles. The van der Waals surface area contributed by atoms with Gasteiger partial charge < -0.3 is 15.6 Å². The smallest absolute Gasteiger partial charge is 0.325 e. The zero-order valence-electron chi connectivity index (χ0n) is 11.7. The van der Waals surface area contributed by atoms with E-state index in [9.17, 15) is 19.2 Å². The van der Waals surface area contributed by atoms with Crippen molar-refractivity contribution in [2.75, 3.05) is 10.6 Å². The van der Waals surface area contributed by atoms with Crippen LogP contribution in [0, 0.1) is 0 Å². The summed E-state index contributed by atoms with van der Waals surface area (Å²) in [6, 6.07) is 6.75. The van der Waals surface area contributed by atoms with Gasteiger partial charge in [-0.2, -0.15) is 0 Å². The Labute approximate surface area is 124 Å². The number of hydrogen-bond donors (Lipinski definition) is 4. The number of carbonyl (C=O) groups excluding carboxylic acids is 2. The van der Waals surface area contributed by atoms with E-state index in [1.54, 1.807) is 24.3 Å². The number of rotatable bonds is 4. The summed E-state index contributed by atoms with van der Waals surface area (Å²) in [7, 11) is 0. The molecule has 0 aliphatic carbocycles. The summed E-state index contributed by atoms with van der Waals surface area (Å²) >= 11 is 0. The monoisotopic (exact) mass is 302 g/mol. The maximum atomic E-state index is 11.9. The van der Waals surface area contributed by atoms with Gasteiger partial charge in [-0.1, -0.05) is 12.1 Å². The zero-order valence-corrected chi connectivity index (χ0v) is 11.7. The fourth-order valence-electron chi connectivity index (χ4n) is 1.79. The molecule has 8 nitrogen and oxygen atoms in total. The Balaban J connectivity index is 2.01. The van der Waals surface area contributed by atoms with Crippen LogP contribution in [0.5, 0.6) is 0 Å². The lowest BCUT2D eigenvalue weighted by molar-refractivity contribution is -0.116. The minimum atomic E-state index is -0.668. The number of aromatic nitrogens is 2. The Morgan fingerprint density at radius 1 is 1.09 bits per heavy atom. The third kappa shape index (κ3) is 4.17. The van der Waals surface area contributed by atoms with Crippen LogP contribution in [0.3, 0.4) is 0 Å². The first-order valence-corrected chi connectivity index (χ1v) is 6.42. The van der Waals surface area contributed by atoms with Crippen LogP contribution in [0.2, 0.25) is 0 Å². The van der Waals surface area contributed by atoms with Crippen LogP contribution < -0.4 is 21.9 Å². The molecule has 1 aromatic heterocycles. The second kappa shape index (κ2) is 6.53. The van der Waals surface area contributed by atoms with E-state index in [2.05, 4.69) is 15.6 Å². The van der Waals surface area contributed by atoms with Crippen molar-refractivity contribution < 1.29 is 9.59 Å². The van der Waals surface area contributed by atoms with E-state index in [1.165, 1.54) is 6.92 Å². The molecule has 0 spiro atoms. The van der Waals surface area contributed by atoms with Gasteiger partial charge in [-0.05, 0) is 17.7 Å². The Morgan fingerprint density at radius 2 is 1.77 bits per heavy atom. The Hall–Kier alpha value is -3.16. The molecule has 0 unspecified atom stereocenters. The lowest BCUT2D eigenvalue weighted by Gasteiger charge is -2.06. The molecule has 0 atom stereocenters. The summed E-state index contributed by atoms with van der Waals surface area (Å²) in [5.74, 6) is -0.576. The largest absolute Gasteiger partial charge is 0.326 e. The van der Waals surface area contributed by atoms with Gasteiger partial charge in [-0.15, -0.1) is 0 Å². The summed E-state index contributed by atoms with van der Waals surface area (Å²) in [6.45, 7) is 1.41. The average molecular weight is 302 g/mol. The van der Waals surface area contributed by atoms with E-state index < -0.39 is 17.2 Å². The number of anilines is 2. The van der Waals surface area contributed by atoms with Gasteiger partial charge in [0.05, 0.1) is 6.42 Å². The van der Waals surface area contributed by atoms with Crippen molar-refractivity contribution in [1.82, 2.24) is 9.97 Å². The maximum Gasteiger partial charge on any atom is 0.325 e. The summed E-state index contributed by atoms with van der Waals surface area (Å²) in [5, 5.41) is 5.03. The van der Waals surface area contributed by atoms with Gasteiger partial charge in [0.2, 0.25) is 11.8 Å². The molecule has 2 rings (SSSR count). The first-order valence-electron chi connectivity index (χ1n) is 6.42. The minimum absolute atomic E-state index is 0.0283. The van der Waals surface area contributed by atoms with Crippen molar-refractivity contribution in [3.05, 3.63) is 56.9 Å². The predicted octanol–water partition coefficient (Wildman–Crippen LogP) is 0.203. The van der Waals surface area contributed by atoms with Gasteiger partial charge >= 0.3 is 5.69 Å². The van der Waals surface area contributed by atoms with E-state index in [-0.39, 0.29) is 18.0 Å². The van der Waals surface area contributed by atoms with Crippen molar-refractivity contribution in [1.29, 1.82) is 0 Å². The highest BCUT2D eigenvalue weighted by Crippen LogP contribution is 2.10. The van der Waals surface area contributed by atoms with Crippen LogP contribution in [-0.4, -0.2) is 21.8 Å². The highest BCUT2D eigenvalue weighted by molar-refractivity contribution is 5.92. The van der Waals surface area contributed by atoms with E-state index in [0.29, 0.717) is 11.3 Å².